The molecule has 6 nitrogen and oxygen atoms in total. The van der Waals surface area contributed by atoms with Gasteiger partial charge in [-0.2, -0.15) is 0 Å². The van der Waals surface area contributed by atoms with Crippen LogP contribution in [0.5, 0.6) is 0 Å². The summed E-state index contributed by atoms with van der Waals surface area (Å²) in [4.78, 5) is 40.0. The molecule has 168 valence electrons. The summed E-state index contributed by atoms with van der Waals surface area (Å²) in [5, 5.41) is 3.36. The van der Waals surface area contributed by atoms with Crippen LogP contribution in [0.2, 0.25) is 0 Å². The monoisotopic (exact) mass is 441 g/mol. The van der Waals surface area contributed by atoms with Crippen LogP contribution >= 0.6 is 0 Å². The maximum absolute atomic E-state index is 13.6. The lowest BCUT2D eigenvalue weighted by atomic mass is 10.1. The minimum absolute atomic E-state index is 0.194. The van der Waals surface area contributed by atoms with E-state index in [-0.39, 0.29) is 24.1 Å². The summed E-state index contributed by atoms with van der Waals surface area (Å²) < 4.78 is 2.56. The maximum atomic E-state index is 13.6. The number of hydrogen-bond donors (Lipinski definition) is 1. The van der Waals surface area contributed by atoms with Gasteiger partial charge >= 0.3 is 5.69 Å². The highest BCUT2D eigenvalue weighted by Gasteiger charge is 2.19. The van der Waals surface area contributed by atoms with Gasteiger partial charge in [0.25, 0.3) is 5.56 Å². The quantitative estimate of drug-likeness (QED) is 0.510. The Balaban J connectivity index is 1.84. The topological polar surface area (TPSA) is 73.1 Å². The molecule has 0 spiro atoms. The van der Waals surface area contributed by atoms with Crippen LogP contribution in [0.1, 0.15) is 35.2 Å². The minimum atomic E-state index is -0.535. The fourth-order valence-electron chi connectivity index (χ4n) is 4.09. The van der Waals surface area contributed by atoms with E-state index in [0.717, 1.165) is 22.3 Å². The number of carbonyl (C=O) groups is 1. The molecular weight excluding hydrogens is 414 g/mol. The predicted octanol–water partition coefficient (Wildman–Crippen LogP) is 3.96. The van der Waals surface area contributed by atoms with Crippen molar-refractivity contribution in [3.63, 3.8) is 0 Å². The molecular formula is C27H27N3O3. The van der Waals surface area contributed by atoms with Crippen LogP contribution in [0.4, 0.5) is 0 Å². The van der Waals surface area contributed by atoms with Crippen molar-refractivity contribution in [2.24, 2.45) is 0 Å². The van der Waals surface area contributed by atoms with Gasteiger partial charge in [-0.15, -0.1) is 0 Å². The van der Waals surface area contributed by atoms with E-state index in [4.69, 9.17) is 0 Å². The van der Waals surface area contributed by atoms with Gasteiger partial charge in [0.2, 0.25) is 5.91 Å². The number of hydrogen-bond acceptors (Lipinski definition) is 3. The van der Waals surface area contributed by atoms with Crippen molar-refractivity contribution in [3.05, 3.63) is 110 Å². The normalized spacial score (nSPS) is 12.0. The second-order valence-corrected chi connectivity index (χ2v) is 8.45. The summed E-state index contributed by atoms with van der Waals surface area (Å²) in [6.07, 6.45) is 0. The first-order valence-electron chi connectivity index (χ1n) is 10.9. The highest BCUT2D eigenvalue weighted by atomic mass is 16.2. The standard InChI is InChI=1S/C27H27N3O3/c1-17-13-14-24-22(15-17)26(32)30(23-12-8-9-18(2)19(23)3)27(33)29(24)16-25(31)28-20(4)21-10-6-5-7-11-21/h5-15,20H,16H2,1-4H3,(H,28,31)/t20-/m1/s1. The summed E-state index contributed by atoms with van der Waals surface area (Å²) in [6.45, 7) is 7.42. The number of fused-ring (bicyclic) bond motifs is 1. The fourth-order valence-corrected chi connectivity index (χ4v) is 4.09. The van der Waals surface area contributed by atoms with Crippen molar-refractivity contribution >= 4 is 16.8 Å². The smallest absolute Gasteiger partial charge is 0.336 e. The highest BCUT2D eigenvalue weighted by Crippen LogP contribution is 2.17. The predicted molar refractivity (Wildman–Crippen MR) is 131 cm³/mol. The van der Waals surface area contributed by atoms with E-state index >= 15 is 0 Å². The molecule has 1 N–H and O–H groups in total. The zero-order chi connectivity index (χ0) is 23.7. The summed E-state index contributed by atoms with van der Waals surface area (Å²) in [6, 6.07) is 20.3. The van der Waals surface area contributed by atoms with E-state index in [9.17, 15) is 14.4 Å². The number of nitrogens with one attached hydrogen (secondary N) is 1. The zero-order valence-electron chi connectivity index (χ0n) is 19.3. The fraction of sp³-hybridized carbons (Fsp3) is 0.222. The molecule has 0 fully saturated rings. The van der Waals surface area contributed by atoms with Crippen LogP contribution < -0.4 is 16.6 Å². The second-order valence-electron chi connectivity index (χ2n) is 8.45. The molecule has 0 bridgehead atoms. The minimum Gasteiger partial charge on any atom is -0.348 e. The second kappa shape index (κ2) is 8.90. The Bertz CT molecular complexity index is 1470. The third kappa shape index (κ3) is 4.24. The van der Waals surface area contributed by atoms with E-state index < -0.39 is 5.69 Å². The first kappa shape index (κ1) is 22.3. The Kier molecular flexibility index (Phi) is 6.01. The number of aryl methyl sites for hydroxylation is 2. The maximum Gasteiger partial charge on any atom is 0.336 e. The Labute approximate surface area is 192 Å². The average Bonchev–Trinajstić information content (AvgIpc) is 2.80. The SMILES string of the molecule is Cc1ccc2c(c1)c(=O)n(-c1cccc(C)c1C)c(=O)n2CC(=O)N[C@H](C)c1ccccc1. The molecule has 1 amide bonds. The lowest BCUT2D eigenvalue weighted by Gasteiger charge is -2.18. The van der Waals surface area contributed by atoms with Crippen molar-refractivity contribution in [1.82, 2.24) is 14.5 Å². The van der Waals surface area contributed by atoms with Crippen molar-refractivity contribution in [1.29, 1.82) is 0 Å². The van der Waals surface area contributed by atoms with Gasteiger partial charge in [0.05, 0.1) is 22.6 Å². The van der Waals surface area contributed by atoms with Gasteiger partial charge in [0.15, 0.2) is 0 Å². The molecule has 0 aliphatic carbocycles. The van der Waals surface area contributed by atoms with Gasteiger partial charge in [0, 0.05) is 0 Å². The van der Waals surface area contributed by atoms with Crippen LogP contribution in [0.3, 0.4) is 0 Å². The van der Waals surface area contributed by atoms with Gasteiger partial charge < -0.3 is 5.32 Å². The third-order valence-electron chi connectivity index (χ3n) is 6.09. The Morgan fingerprint density at radius 2 is 1.67 bits per heavy atom. The van der Waals surface area contributed by atoms with Gasteiger partial charge in [-0.1, -0.05) is 54.1 Å². The summed E-state index contributed by atoms with van der Waals surface area (Å²) >= 11 is 0. The van der Waals surface area contributed by atoms with Crippen molar-refractivity contribution in [2.45, 2.75) is 40.3 Å². The molecule has 0 saturated carbocycles. The van der Waals surface area contributed by atoms with Crippen LogP contribution in [-0.4, -0.2) is 15.0 Å². The van der Waals surface area contributed by atoms with E-state index in [1.54, 1.807) is 18.2 Å². The number of benzene rings is 3. The molecule has 1 aromatic heterocycles. The largest absolute Gasteiger partial charge is 0.348 e. The van der Waals surface area contributed by atoms with Crippen LogP contribution in [0, 0.1) is 20.8 Å². The lowest BCUT2D eigenvalue weighted by Crippen LogP contribution is -2.42. The highest BCUT2D eigenvalue weighted by molar-refractivity contribution is 5.82. The number of amides is 1. The number of aromatic nitrogens is 2. The number of carbonyl (C=O) groups excluding carboxylic acids is 1. The Morgan fingerprint density at radius 3 is 2.39 bits per heavy atom. The molecule has 0 saturated heterocycles. The average molecular weight is 442 g/mol. The van der Waals surface area contributed by atoms with Crippen molar-refractivity contribution in [3.8, 4) is 5.69 Å². The summed E-state index contributed by atoms with van der Waals surface area (Å²) in [7, 11) is 0. The molecule has 0 radical (unpaired) electrons. The lowest BCUT2D eigenvalue weighted by molar-refractivity contribution is -0.122. The molecule has 1 heterocycles. The van der Waals surface area contributed by atoms with Crippen molar-refractivity contribution < 1.29 is 4.79 Å². The molecule has 6 heteroatoms. The number of rotatable bonds is 5. The Hall–Kier alpha value is -3.93. The van der Waals surface area contributed by atoms with Gasteiger partial charge in [-0.25, -0.2) is 9.36 Å². The molecule has 0 aliphatic rings. The first-order chi connectivity index (χ1) is 15.8. The Morgan fingerprint density at radius 1 is 0.939 bits per heavy atom. The molecule has 3 aromatic carbocycles. The van der Waals surface area contributed by atoms with Gasteiger partial charge in [-0.3, -0.25) is 14.2 Å². The molecule has 33 heavy (non-hydrogen) atoms. The van der Waals surface area contributed by atoms with E-state index in [0.29, 0.717) is 16.6 Å². The van der Waals surface area contributed by atoms with E-state index in [1.807, 2.05) is 76.2 Å². The van der Waals surface area contributed by atoms with E-state index in [1.165, 1.54) is 9.13 Å². The first-order valence-corrected chi connectivity index (χ1v) is 10.9. The molecule has 0 unspecified atom stereocenters. The molecule has 0 aliphatic heterocycles. The van der Waals surface area contributed by atoms with Crippen LogP contribution in [0.25, 0.3) is 16.6 Å². The van der Waals surface area contributed by atoms with E-state index in [2.05, 4.69) is 5.32 Å². The van der Waals surface area contributed by atoms with Crippen LogP contribution in [-0.2, 0) is 11.3 Å². The molecule has 4 rings (SSSR count). The molecule has 1 atom stereocenters. The third-order valence-corrected chi connectivity index (χ3v) is 6.09. The van der Waals surface area contributed by atoms with Crippen LogP contribution in [0.15, 0.2) is 76.3 Å². The number of nitrogens with zero attached hydrogens (tertiary/aromatic N) is 2. The van der Waals surface area contributed by atoms with Gasteiger partial charge in [-0.05, 0) is 62.6 Å². The zero-order valence-corrected chi connectivity index (χ0v) is 19.3. The molecule has 4 aromatic rings. The van der Waals surface area contributed by atoms with Crippen molar-refractivity contribution in [2.75, 3.05) is 0 Å². The van der Waals surface area contributed by atoms with Gasteiger partial charge in [0.1, 0.15) is 6.54 Å². The summed E-state index contributed by atoms with van der Waals surface area (Å²) in [5.41, 5.74) is 3.74. The summed E-state index contributed by atoms with van der Waals surface area (Å²) in [5.74, 6) is -0.304.